The lowest BCUT2D eigenvalue weighted by molar-refractivity contribution is -0.384. The number of hydrogen-bond acceptors (Lipinski definition) is 5. The van der Waals surface area contributed by atoms with E-state index < -0.39 is 11.0 Å². The molecule has 2 N–H and O–H groups in total. The molecule has 1 aromatic carbocycles. The van der Waals surface area contributed by atoms with Crippen molar-refractivity contribution >= 4 is 22.3 Å². The highest BCUT2D eigenvalue weighted by atomic mass is 16.6. The molecule has 0 saturated carbocycles. The molecule has 1 unspecified atom stereocenters. The number of nitro groups is 1. The second-order valence-electron chi connectivity index (χ2n) is 5.09. The van der Waals surface area contributed by atoms with E-state index >= 15 is 0 Å². The molecule has 0 saturated heterocycles. The zero-order chi connectivity index (χ0) is 15.4. The fourth-order valence-electron chi connectivity index (χ4n) is 2.27. The Balaban J connectivity index is 2.36. The summed E-state index contributed by atoms with van der Waals surface area (Å²) in [6, 6.07) is 6.44. The number of nitro benzene ring substituents is 1. The highest BCUT2D eigenvalue weighted by molar-refractivity contribution is 5.93. The number of hydrogen-bond donors (Lipinski definition) is 2. The molecule has 0 radical (unpaired) electrons. The van der Waals surface area contributed by atoms with Crippen molar-refractivity contribution in [2.75, 3.05) is 11.9 Å². The van der Waals surface area contributed by atoms with Gasteiger partial charge in [-0.2, -0.15) is 0 Å². The second kappa shape index (κ2) is 6.49. The van der Waals surface area contributed by atoms with Gasteiger partial charge in [-0.05, 0) is 25.5 Å². The number of nitrogens with zero attached hydrogens (tertiary/aromatic N) is 2. The van der Waals surface area contributed by atoms with Crippen LogP contribution in [0.1, 0.15) is 25.5 Å². The molecule has 0 aliphatic rings. The first-order chi connectivity index (χ1) is 10.0. The van der Waals surface area contributed by atoms with Crippen molar-refractivity contribution in [2.45, 2.75) is 32.8 Å². The van der Waals surface area contributed by atoms with Gasteiger partial charge in [-0.25, -0.2) is 0 Å². The van der Waals surface area contributed by atoms with Crippen molar-refractivity contribution < 1.29 is 10.0 Å². The van der Waals surface area contributed by atoms with Crippen molar-refractivity contribution in [1.82, 2.24) is 4.98 Å². The Morgan fingerprint density at radius 1 is 1.43 bits per heavy atom. The Hall–Kier alpha value is -2.21. The quantitative estimate of drug-likeness (QED) is 0.630. The van der Waals surface area contributed by atoms with Crippen LogP contribution in [0.3, 0.4) is 0 Å². The molecule has 6 nitrogen and oxygen atoms in total. The molecular weight excluding hydrogens is 270 g/mol. The lowest BCUT2D eigenvalue weighted by Gasteiger charge is -2.14. The van der Waals surface area contributed by atoms with E-state index in [0.717, 1.165) is 24.2 Å². The first-order valence-corrected chi connectivity index (χ1v) is 6.99. The van der Waals surface area contributed by atoms with Gasteiger partial charge in [0.05, 0.1) is 16.5 Å². The Morgan fingerprint density at radius 2 is 2.19 bits per heavy atom. The minimum atomic E-state index is -0.433. The van der Waals surface area contributed by atoms with Crippen LogP contribution in [-0.4, -0.2) is 27.7 Å². The molecule has 1 aromatic heterocycles. The van der Waals surface area contributed by atoms with E-state index in [0.29, 0.717) is 17.4 Å². The van der Waals surface area contributed by atoms with E-state index in [2.05, 4.69) is 10.3 Å². The van der Waals surface area contributed by atoms with E-state index in [1.54, 1.807) is 6.07 Å². The predicted octanol–water partition coefficient (Wildman–Crippen LogP) is 3.02. The molecule has 2 rings (SSSR count). The van der Waals surface area contributed by atoms with Gasteiger partial charge in [0.15, 0.2) is 0 Å². The largest absolute Gasteiger partial charge is 0.391 e. The summed E-state index contributed by atoms with van der Waals surface area (Å²) in [5.74, 6) is 0. The molecule has 0 spiro atoms. The molecular formula is C15H19N3O3. The van der Waals surface area contributed by atoms with Crippen LogP contribution < -0.4 is 5.32 Å². The second-order valence-corrected chi connectivity index (χ2v) is 5.09. The molecule has 2 aromatic rings. The number of rotatable bonds is 6. The molecule has 0 aliphatic heterocycles. The van der Waals surface area contributed by atoms with E-state index in [1.165, 1.54) is 12.1 Å². The van der Waals surface area contributed by atoms with Gasteiger partial charge >= 0.3 is 0 Å². The first-order valence-electron chi connectivity index (χ1n) is 6.99. The van der Waals surface area contributed by atoms with Crippen LogP contribution >= 0.6 is 0 Å². The summed E-state index contributed by atoms with van der Waals surface area (Å²) in [5, 5.41) is 24.6. The van der Waals surface area contributed by atoms with Crippen LogP contribution in [-0.2, 0) is 0 Å². The lowest BCUT2D eigenvalue weighted by Crippen LogP contribution is -2.19. The topological polar surface area (TPSA) is 88.3 Å². The van der Waals surface area contributed by atoms with Gasteiger partial charge in [-0.3, -0.25) is 15.1 Å². The molecule has 21 heavy (non-hydrogen) atoms. The third kappa shape index (κ3) is 3.66. The average molecular weight is 289 g/mol. The molecule has 1 atom stereocenters. The number of aliphatic hydroxyl groups is 1. The van der Waals surface area contributed by atoms with Crippen LogP contribution in [0.5, 0.6) is 0 Å². The zero-order valence-corrected chi connectivity index (χ0v) is 12.2. The molecule has 0 aliphatic carbocycles. The number of benzene rings is 1. The lowest BCUT2D eigenvalue weighted by atomic mass is 10.1. The third-order valence-corrected chi connectivity index (χ3v) is 3.28. The van der Waals surface area contributed by atoms with Crippen LogP contribution in [0, 0.1) is 17.0 Å². The van der Waals surface area contributed by atoms with Gasteiger partial charge in [0.1, 0.15) is 0 Å². The van der Waals surface area contributed by atoms with Crippen molar-refractivity contribution in [3.8, 4) is 0 Å². The molecule has 112 valence electrons. The summed E-state index contributed by atoms with van der Waals surface area (Å²) >= 11 is 0. The number of aromatic nitrogens is 1. The Labute approximate surface area is 123 Å². The highest BCUT2D eigenvalue weighted by Gasteiger charge is 2.11. The third-order valence-electron chi connectivity index (χ3n) is 3.28. The molecule has 0 fully saturated rings. The number of pyridine rings is 1. The summed E-state index contributed by atoms with van der Waals surface area (Å²) < 4.78 is 0. The van der Waals surface area contributed by atoms with Crippen LogP contribution in [0.2, 0.25) is 0 Å². The van der Waals surface area contributed by atoms with Gasteiger partial charge in [-0.15, -0.1) is 0 Å². The Bertz CT molecular complexity index is 658. The van der Waals surface area contributed by atoms with E-state index in [1.807, 2.05) is 19.9 Å². The summed E-state index contributed by atoms with van der Waals surface area (Å²) in [4.78, 5) is 14.9. The van der Waals surface area contributed by atoms with Gasteiger partial charge < -0.3 is 10.4 Å². The molecule has 0 bridgehead atoms. The zero-order valence-electron chi connectivity index (χ0n) is 12.2. The summed E-state index contributed by atoms with van der Waals surface area (Å²) in [6.07, 6.45) is 1.19. The van der Waals surface area contributed by atoms with E-state index in [-0.39, 0.29) is 5.69 Å². The van der Waals surface area contributed by atoms with Crippen LogP contribution in [0.4, 0.5) is 11.4 Å². The van der Waals surface area contributed by atoms with Crippen LogP contribution in [0.15, 0.2) is 24.3 Å². The summed E-state index contributed by atoms with van der Waals surface area (Å²) in [7, 11) is 0. The highest BCUT2D eigenvalue weighted by Crippen LogP contribution is 2.27. The van der Waals surface area contributed by atoms with Crippen LogP contribution in [0.25, 0.3) is 10.9 Å². The van der Waals surface area contributed by atoms with E-state index in [4.69, 9.17) is 0 Å². The smallest absolute Gasteiger partial charge is 0.270 e. The maximum atomic E-state index is 10.9. The first kappa shape index (κ1) is 15.2. The van der Waals surface area contributed by atoms with Gasteiger partial charge in [0.2, 0.25) is 0 Å². The molecule has 6 heteroatoms. The summed E-state index contributed by atoms with van der Waals surface area (Å²) in [6.45, 7) is 4.29. The minimum absolute atomic E-state index is 0.0327. The minimum Gasteiger partial charge on any atom is -0.391 e. The number of non-ortho nitro benzene ring substituents is 1. The normalized spacial score (nSPS) is 12.3. The fraction of sp³-hybridized carbons (Fsp3) is 0.400. The number of fused-ring (bicyclic) bond motifs is 1. The average Bonchev–Trinajstić information content (AvgIpc) is 2.44. The number of anilines is 1. The number of aryl methyl sites for hydroxylation is 1. The van der Waals surface area contributed by atoms with Gasteiger partial charge in [0, 0.05) is 35.4 Å². The van der Waals surface area contributed by atoms with Crippen molar-refractivity contribution in [2.24, 2.45) is 0 Å². The van der Waals surface area contributed by atoms with Crippen molar-refractivity contribution in [3.63, 3.8) is 0 Å². The number of aliphatic hydroxyl groups excluding tert-OH is 1. The maximum Gasteiger partial charge on any atom is 0.270 e. The predicted molar refractivity (Wildman–Crippen MR) is 82.5 cm³/mol. The molecule has 0 amide bonds. The SMILES string of the molecule is CCCC(O)CNc1cc(C)nc2ccc([N+](=O)[O-])cc12. The monoisotopic (exact) mass is 289 g/mol. The Morgan fingerprint density at radius 3 is 2.86 bits per heavy atom. The van der Waals surface area contributed by atoms with Gasteiger partial charge in [0.25, 0.3) is 5.69 Å². The van der Waals surface area contributed by atoms with E-state index in [9.17, 15) is 15.2 Å². The Kier molecular flexibility index (Phi) is 4.70. The van der Waals surface area contributed by atoms with Crippen molar-refractivity contribution in [3.05, 3.63) is 40.1 Å². The van der Waals surface area contributed by atoms with Gasteiger partial charge in [-0.1, -0.05) is 13.3 Å². The fourth-order valence-corrected chi connectivity index (χ4v) is 2.27. The number of nitrogens with one attached hydrogen (secondary N) is 1. The molecule has 1 heterocycles. The summed E-state index contributed by atoms with van der Waals surface area (Å²) in [5.41, 5.74) is 2.32. The van der Waals surface area contributed by atoms with Crippen molar-refractivity contribution in [1.29, 1.82) is 0 Å². The standard InChI is InChI=1S/C15H19N3O3/c1-3-4-12(19)9-16-15-7-10(2)17-14-6-5-11(18(20)21)8-13(14)15/h5-8,12,19H,3-4,9H2,1-2H3,(H,16,17). The maximum absolute atomic E-state index is 10.9.